The highest BCUT2D eigenvalue weighted by molar-refractivity contribution is 5.84. The van der Waals surface area contributed by atoms with Crippen LogP contribution in [0.4, 0.5) is 5.82 Å². The molecule has 0 saturated heterocycles. The molecule has 0 atom stereocenters. The van der Waals surface area contributed by atoms with Crippen LogP contribution in [0.15, 0.2) is 17.5 Å². The lowest BCUT2D eigenvalue weighted by molar-refractivity contribution is 0.941. The number of hydrogen-bond donors (Lipinski definition) is 0. The Morgan fingerprint density at radius 3 is 2.89 bits per heavy atom. The average Bonchev–Trinajstić information content (AvgIpc) is 2.33. The Balaban J connectivity index is 2.63. The molecule has 0 unspecified atom stereocenters. The van der Waals surface area contributed by atoms with Crippen LogP contribution in [0, 0.1) is 0 Å². The third-order valence-corrected chi connectivity index (χ3v) is 1.04. The van der Waals surface area contributed by atoms with E-state index in [1.165, 1.54) is 0 Å². The summed E-state index contributed by atoms with van der Waals surface area (Å²) < 4.78 is 0. The van der Waals surface area contributed by atoms with Crippen LogP contribution in [0.2, 0.25) is 0 Å². The Hall–Kier alpha value is -1.45. The van der Waals surface area contributed by atoms with Crippen molar-refractivity contribution in [2.75, 3.05) is 0 Å². The molecule has 1 aliphatic rings. The Morgan fingerprint density at radius 1 is 1.11 bits per heavy atom. The summed E-state index contributed by atoms with van der Waals surface area (Å²) in [6.45, 7) is 0. The molecule has 4 nitrogen and oxygen atoms in total. The number of nitrogens with zero attached hydrogens (tertiary/aromatic N) is 4. The van der Waals surface area contributed by atoms with Crippen LogP contribution in [-0.4, -0.2) is 16.2 Å². The number of hydrogen-bond acceptors (Lipinski definition) is 3. The number of fused-ring (bicyclic) bond motifs is 1. The first-order valence-electron chi connectivity index (χ1n) is 2.52. The van der Waals surface area contributed by atoms with Crippen molar-refractivity contribution < 1.29 is 0 Å². The molecule has 0 aliphatic carbocycles. The molecule has 0 aromatic carbocycles. The molecule has 0 saturated carbocycles. The van der Waals surface area contributed by atoms with Crippen molar-refractivity contribution in [2.45, 2.75) is 0 Å². The largest absolute Gasteiger partial charge is 0.250 e. The predicted octanol–water partition coefficient (Wildman–Crippen LogP) is 0.0600. The predicted molar refractivity (Wildman–Crippen MR) is 31.4 cm³/mol. The van der Waals surface area contributed by atoms with E-state index in [1.807, 2.05) is 0 Å². The van der Waals surface area contributed by atoms with Gasteiger partial charge in [-0.15, -0.1) is 5.43 Å². The Labute approximate surface area is 51.6 Å². The quantitative estimate of drug-likeness (QED) is 0.485. The summed E-state index contributed by atoms with van der Waals surface area (Å²) in [5, 5.41) is 3.63. The average molecular weight is 119 g/mol. The first-order valence-corrected chi connectivity index (χ1v) is 2.52. The number of aromatic nitrogens is 2. The topological polar surface area (TPSA) is 52.2 Å². The molecular formula is C5H3N4. The second kappa shape index (κ2) is 1.51. The normalized spacial score (nSPS) is 12.9. The molecule has 4 heteroatoms. The van der Waals surface area contributed by atoms with Crippen LogP contribution in [0.5, 0.6) is 0 Å². The fourth-order valence-corrected chi connectivity index (χ4v) is 0.648. The minimum absolute atomic E-state index is 0.609. The molecule has 1 aromatic rings. The molecular weight excluding hydrogens is 116 g/mol. The smallest absolute Gasteiger partial charge is 0.202 e. The van der Waals surface area contributed by atoms with Crippen molar-refractivity contribution in [2.24, 2.45) is 5.10 Å². The van der Waals surface area contributed by atoms with E-state index in [-0.39, 0.29) is 0 Å². The van der Waals surface area contributed by atoms with Crippen molar-refractivity contribution in [1.82, 2.24) is 15.4 Å². The summed E-state index contributed by atoms with van der Waals surface area (Å²) in [7, 11) is 0. The zero-order chi connectivity index (χ0) is 6.10. The maximum absolute atomic E-state index is 3.95. The van der Waals surface area contributed by atoms with Gasteiger partial charge in [-0.3, -0.25) is 0 Å². The summed E-state index contributed by atoms with van der Waals surface area (Å²) >= 11 is 0. The second-order valence-electron chi connectivity index (χ2n) is 1.61. The molecule has 2 heterocycles. The summed E-state index contributed by atoms with van der Waals surface area (Å²) in [5.41, 5.74) is 4.44. The van der Waals surface area contributed by atoms with E-state index in [2.05, 4.69) is 20.5 Å². The van der Waals surface area contributed by atoms with Gasteiger partial charge in [-0.1, -0.05) is 0 Å². The minimum atomic E-state index is 0.609. The molecule has 0 fully saturated rings. The van der Waals surface area contributed by atoms with E-state index < -0.39 is 0 Å². The Morgan fingerprint density at radius 2 is 2.00 bits per heavy atom. The minimum Gasteiger partial charge on any atom is -0.250 e. The van der Waals surface area contributed by atoms with Gasteiger partial charge in [0.05, 0.1) is 6.21 Å². The van der Waals surface area contributed by atoms with Crippen molar-refractivity contribution in [3.63, 3.8) is 0 Å². The van der Waals surface area contributed by atoms with Gasteiger partial charge in [-0.25, -0.2) is 9.97 Å². The van der Waals surface area contributed by atoms with Gasteiger partial charge in [-0.05, 0) is 0 Å². The highest BCUT2D eigenvalue weighted by atomic mass is 15.3. The van der Waals surface area contributed by atoms with Gasteiger partial charge in [0.25, 0.3) is 0 Å². The maximum Gasteiger partial charge on any atom is 0.202 e. The lowest BCUT2D eigenvalue weighted by Crippen LogP contribution is -1.88. The third-order valence-electron chi connectivity index (χ3n) is 1.04. The van der Waals surface area contributed by atoms with E-state index in [0.29, 0.717) is 5.82 Å². The lowest BCUT2D eigenvalue weighted by Gasteiger charge is -1.87. The highest BCUT2D eigenvalue weighted by Crippen LogP contribution is 2.09. The first-order chi connectivity index (χ1) is 4.47. The van der Waals surface area contributed by atoms with Gasteiger partial charge in [0, 0.05) is 12.4 Å². The molecule has 0 spiro atoms. The van der Waals surface area contributed by atoms with Crippen LogP contribution in [0.1, 0.15) is 5.69 Å². The summed E-state index contributed by atoms with van der Waals surface area (Å²) in [6.07, 6.45) is 4.80. The molecule has 1 aliphatic heterocycles. The van der Waals surface area contributed by atoms with Crippen molar-refractivity contribution in [1.29, 1.82) is 0 Å². The van der Waals surface area contributed by atoms with Crippen molar-refractivity contribution in [3.05, 3.63) is 18.1 Å². The van der Waals surface area contributed by atoms with Crippen molar-refractivity contribution >= 4 is 12.0 Å². The summed E-state index contributed by atoms with van der Waals surface area (Å²) in [5.74, 6) is 0.609. The second-order valence-corrected chi connectivity index (χ2v) is 1.61. The van der Waals surface area contributed by atoms with Crippen LogP contribution >= 0.6 is 0 Å². The monoisotopic (exact) mass is 119 g/mol. The van der Waals surface area contributed by atoms with E-state index in [1.54, 1.807) is 18.6 Å². The van der Waals surface area contributed by atoms with E-state index in [9.17, 15) is 0 Å². The number of rotatable bonds is 0. The van der Waals surface area contributed by atoms with Gasteiger partial charge in [0.2, 0.25) is 5.82 Å². The molecule has 9 heavy (non-hydrogen) atoms. The van der Waals surface area contributed by atoms with Crippen molar-refractivity contribution in [3.8, 4) is 0 Å². The molecule has 1 radical (unpaired) electrons. The summed E-state index contributed by atoms with van der Waals surface area (Å²) in [4.78, 5) is 7.86. The molecule has 0 amide bonds. The van der Waals surface area contributed by atoms with Crippen LogP contribution in [0.3, 0.4) is 0 Å². The zero-order valence-corrected chi connectivity index (χ0v) is 4.52. The van der Waals surface area contributed by atoms with Gasteiger partial charge in [0.1, 0.15) is 5.69 Å². The van der Waals surface area contributed by atoms with E-state index in [4.69, 9.17) is 0 Å². The first kappa shape index (κ1) is 4.43. The Bertz CT molecular complexity index is 255. The fourth-order valence-electron chi connectivity index (χ4n) is 0.648. The zero-order valence-electron chi connectivity index (χ0n) is 4.52. The molecule has 0 bridgehead atoms. The third kappa shape index (κ3) is 0.561. The molecule has 43 valence electrons. The van der Waals surface area contributed by atoms with Gasteiger partial charge in [0.15, 0.2) is 0 Å². The molecule has 2 rings (SSSR count). The van der Waals surface area contributed by atoms with Crippen LogP contribution in [-0.2, 0) is 0 Å². The Kier molecular flexibility index (Phi) is 0.745. The van der Waals surface area contributed by atoms with Crippen LogP contribution in [0.25, 0.3) is 0 Å². The summed E-state index contributed by atoms with van der Waals surface area (Å²) in [6, 6.07) is 0. The standard InChI is InChI=1S/C5H3N4/c1-2-7-5-4(6-1)3-8-9-5/h1-3H. The highest BCUT2D eigenvalue weighted by Gasteiger charge is 2.07. The molecule has 0 N–H and O–H groups in total. The van der Waals surface area contributed by atoms with E-state index in [0.717, 1.165) is 5.69 Å². The van der Waals surface area contributed by atoms with Gasteiger partial charge >= 0.3 is 0 Å². The SMILES string of the molecule is C1=N[N]c2nccnc21. The van der Waals surface area contributed by atoms with E-state index >= 15 is 0 Å². The lowest BCUT2D eigenvalue weighted by atomic mass is 10.5. The molecule has 1 aromatic heterocycles. The maximum atomic E-state index is 3.95. The van der Waals surface area contributed by atoms with Crippen LogP contribution < -0.4 is 5.43 Å². The fraction of sp³-hybridized carbons (Fsp3) is 0. The van der Waals surface area contributed by atoms with Gasteiger partial charge in [-0.2, -0.15) is 5.10 Å². The van der Waals surface area contributed by atoms with Gasteiger partial charge < -0.3 is 0 Å².